The van der Waals surface area contributed by atoms with Crippen LogP contribution in [0.25, 0.3) is 0 Å². The third-order valence-electron chi connectivity index (χ3n) is 3.87. The molecule has 2 atom stereocenters. The van der Waals surface area contributed by atoms with Crippen LogP contribution in [-0.2, 0) is 0 Å². The lowest BCUT2D eigenvalue weighted by molar-refractivity contribution is 0.279. The molecule has 1 aliphatic heterocycles. The van der Waals surface area contributed by atoms with Crippen molar-refractivity contribution in [3.05, 3.63) is 29.6 Å². The van der Waals surface area contributed by atoms with Gasteiger partial charge in [0.2, 0.25) is 0 Å². The lowest BCUT2D eigenvalue weighted by Crippen LogP contribution is -2.31. The van der Waals surface area contributed by atoms with E-state index in [4.69, 9.17) is 10.8 Å². The van der Waals surface area contributed by atoms with Gasteiger partial charge in [-0.05, 0) is 44.7 Å². The summed E-state index contributed by atoms with van der Waals surface area (Å²) in [5.74, 6) is -0.222. The Labute approximate surface area is 114 Å². The van der Waals surface area contributed by atoms with E-state index < -0.39 is 0 Å². The van der Waals surface area contributed by atoms with Gasteiger partial charge in [0.05, 0.1) is 0 Å². The molecule has 0 amide bonds. The molecule has 1 unspecified atom stereocenters. The van der Waals surface area contributed by atoms with E-state index in [9.17, 15) is 4.39 Å². The topological polar surface area (TPSA) is 49.5 Å². The minimum Gasteiger partial charge on any atom is -0.396 e. The molecule has 1 aromatic carbocycles. The van der Waals surface area contributed by atoms with Crippen molar-refractivity contribution in [3.63, 3.8) is 0 Å². The molecular formula is C15H23FN2O. The molecule has 4 heteroatoms. The monoisotopic (exact) mass is 266 g/mol. The third-order valence-corrected chi connectivity index (χ3v) is 3.87. The highest BCUT2D eigenvalue weighted by Gasteiger charge is 2.27. The second kappa shape index (κ2) is 6.35. The first-order valence-electron chi connectivity index (χ1n) is 7.06. The Bertz CT molecular complexity index is 423. The van der Waals surface area contributed by atoms with Crippen molar-refractivity contribution in [2.24, 2.45) is 5.73 Å². The minimum atomic E-state index is -0.310. The Hall–Kier alpha value is -1.13. The summed E-state index contributed by atoms with van der Waals surface area (Å²) in [7, 11) is 0. The quantitative estimate of drug-likeness (QED) is 0.861. The van der Waals surface area contributed by atoms with Gasteiger partial charge >= 0.3 is 0 Å². The summed E-state index contributed by atoms with van der Waals surface area (Å²) in [4.78, 5) is 2.26. The molecule has 1 aliphatic rings. The van der Waals surface area contributed by atoms with Gasteiger partial charge in [0.15, 0.2) is 0 Å². The average Bonchev–Trinajstić information content (AvgIpc) is 2.83. The van der Waals surface area contributed by atoms with E-state index >= 15 is 0 Å². The first kappa shape index (κ1) is 14.3. The fraction of sp³-hybridized carbons (Fsp3) is 0.600. The molecule has 1 saturated heterocycles. The van der Waals surface area contributed by atoms with Crippen molar-refractivity contribution < 1.29 is 9.50 Å². The number of aliphatic hydroxyl groups is 1. The summed E-state index contributed by atoms with van der Waals surface area (Å²) in [6, 6.07) is 5.26. The molecule has 106 valence electrons. The van der Waals surface area contributed by atoms with Crippen LogP contribution in [0.1, 0.15) is 44.2 Å². The van der Waals surface area contributed by atoms with Gasteiger partial charge < -0.3 is 15.7 Å². The Morgan fingerprint density at radius 2 is 2.32 bits per heavy atom. The molecule has 0 bridgehead atoms. The first-order chi connectivity index (χ1) is 9.15. The van der Waals surface area contributed by atoms with Crippen LogP contribution < -0.4 is 10.6 Å². The van der Waals surface area contributed by atoms with Gasteiger partial charge in [-0.3, -0.25) is 0 Å². The largest absolute Gasteiger partial charge is 0.396 e. The molecule has 1 heterocycles. The van der Waals surface area contributed by atoms with E-state index in [0.717, 1.165) is 37.9 Å². The molecular weight excluding hydrogens is 243 g/mol. The molecule has 0 aliphatic carbocycles. The molecule has 0 saturated carbocycles. The van der Waals surface area contributed by atoms with Crippen molar-refractivity contribution in [1.29, 1.82) is 0 Å². The van der Waals surface area contributed by atoms with Crippen LogP contribution in [0.5, 0.6) is 0 Å². The molecule has 19 heavy (non-hydrogen) atoms. The maximum absolute atomic E-state index is 14.0. The molecule has 1 fully saturated rings. The Morgan fingerprint density at radius 3 is 3.00 bits per heavy atom. The highest BCUT2D eigenvalue weighted by atomic mass is 19.1. The van der Waals surface area contributed by atoms with Gasteiger partial charge in [-0.2, -0.15) is 0 Å². The second-order valence-corrected chi connectivity index (χ2v) is 5.32. The van der Waals surface area contributed by atoms with Crippen molar-refractivity contribution in [1.82, 2.24) is 0 Å². The highest BCUT2D eigenvalue weighted by molar-refractivity contribution is 5.57. The van der Waals surface area contributed by atoms with Gasteiger partial charge in [-0.25, -0.2) is 4.39 Å². The predicted molar refractivity (Wildman–Crippen MR) is 75.7 cm³/mol. The van der Waals surface area contributed by atoms with Crippen molar-refractivity contribution in [2.75, 3.05) is 18.1 Å². The molecule has 2 rings (SSSR count). The van der Waals surface area contributed by atoms with Gasteiger partial charge in [0, 0.05) is 36.5 Å². The fourth-order valence-corrected chi connectivity index (χ4v) is 3.01. The number of hydrogen-bond donors (Lipinski definition) is 2. The molecule has 0 radical (unpaired) electrons. The molecule has 0 spiro atoms. The Morgan fingerprint density at radius 1 is 1.53 bits per heavy atom. The Balaban J connectivity index is 2.27. The zero-order valence-electron chi connectivity index (χ0n) is 11.5. The van der Waals surface area contributed by atoms with Crippen LogP contribution >= 0.6 is 0 Å². The zero-order chi connectivity index (χ0) is 13.8. The van der Waals surface area contributed by atoms with Crippen LogP contribution in [0.3, 0.4) is 0 Å². The van der Waals surface area contributed by atoms with Crippen molar-refractivity contribution >= 4 is 5.69 Å². The van der Waals surface area contributed by atoms with E-state index in [-0.39, 0.29) is 18.5 Å². The number of nitrogens with two attached hydrogens (primary N) is 1. The predicted octanol–water partition coefficient (Wildman–Crippen LogP) is 2.59. The molecule has 3 N–H and O–H groups in total. The number of benzene rings is 1. The third kappa shape index (κ3) is 3.07. The van der Waals surface area contributed by atoms with E-state index in [1.54, 1.807) is 6.07 Å². The van der Waals surface area contributed by atoms with E-state index in [1.807, 2.05) is 13.0 Å². The number of hydrogen-bond acceptors (Lipinski definition) is 3. The van der Waals surface area contributed by atoms with E-state index in [2.05, 4.69) is 4.90 Å². The fourth-order valence-electron chi connectivity index (χ4n) is 3.01. The smallest absolute Gasteiger partial charge is 0.130 e. The zero-order valence-corrected chi connectivity index (χ0v) is 11.5. The van der Waals surface area contributed by atoms with Crippen molar-refractivity contribution in [2.45, 2.75) is 44.7 Å². The normalized spacial score (nSPS) is 20.8. The standard InChI is InChI=1S/C15H23FN2O/c1-11(17)15-13(16)7-2-8-14(15)18-9-3-5-12(18)6-4-10-19/h2,7-8,11-12,19H,3-6,9-10,17H2,1H3/t11-,12?/m1/s1. The van der Waals surface area contributed by atoms with Crippen LogP contribution in [-0.4, -0.2) is 24.3 Å². The number of rotatable bonds is 5. The molecule has 1 aromatic rings. The van der Waals surface area contributed by atoms with Crippen LogP contribution in [0.4, 0.5) is 10.1 Å². The lowest BCUT2D eigenvalue weighted by Gasteiger charge is -2.30. The summed E-state index contributed by atoms with van der Waals surface area (Å²) in [6.45, 7) is 2.98. The number of nitrogens with zero attached hydrogens (tertiary/aromatic N) is 1. The summed E-state index contributed by atoms with van der Waals surface area (Å²) < 4.78 is 14.0. The van der Waals surface area contributed by atoms with Crippen molar-refractivity contribution in [3.8, 4) is 0 Å². The minimum absolute atomic E-state index is 0.216. The van der Waals surface area contributed by atoms with Gasteiger partial charge in [0.25, 0.3) is 0 Å². The second-order valence-electron chi connectivity index (χ2n) is 5.32. The number of anilines is 1. The van der Waals surface area contributed by atoms with Crippen LogP contribution in [0.2, 0.25) is 0 Å². The highest BCUT2D eigenvalue weighted by Crippen LogP contribution is 2.34. The summed E-state index contributed by atoms with van der Waals surface area (Å²) in [5.41, 5.74) is 7.46. The maximum Gasteiger partial charge on any atom is 0.130 e. The maximum atomic E-state index is 14.0. The average molecular weight is 266 g/mol. The van der Waals surface area contributed by atoms with E-state index in [1.165, 1.54) is 6.07 Å². The van der Waals surface area contributed by atoms with Gasteiger partial charge in [-0.15, -0.1) is 0 Å². The van der Waals surface area contributed by atoms with Crippen LogP contribution in [0.15, 0.2) is 18.2 Å². The number of aliphatic hydroxyl groups excluding tert-OH is 1. The SMILES string of the molecule is C[C@@H](N)c1c(F)cccc1N1CCCC1CCCO. The summed E-state index contributed by atoms with van der Waals surface area (Å²) >= 11 is 0. The molecule has 0 aromatic heterocycles. The molecule has 3 nitrogen and oxygen atoms in total. The lowest BCUT2D eigenvalue weighted by atomic mass is 10.0. The van der Waals surface area contributed by atoms with Gasteiger partial charge in [-0.1, -0.05) is 6.07 Å². The number of halogens is 1. The summed E-state index contributed by atoms with van der Waals surface area (Å²) in [5, 5.41) is 8.97. The van der Waals surface area contributed by atoms with Crippen LogP contribution in [0, 0.1) is 5.82 Å². The Kier molecular flexibility index (Phi) is 4.77. The van der Waals surface area contributed by atoms with Gasteiger partial charge in [0.1, 0.15) is 5.82 Å². The van der Waals surface area contributed by atoms with E-state index in [0.29, 0.717) is 11.6 Å². The first-order valence-corrected chi connectivity index (χ1v) is 7.06. The summed E-state index contributed by atoms with van der Waals surface area (Å²) in [6.07, 6.45) is 3.97.